The van der Waals surface area contributed by atoms with Crippen LogP contribution in [0.15, 0.2) is 24.3 Å². The molecule has 0 amide bonds. The SMILES string of the molecule is C=C1C=CC(=O)[C@H]2CCC[C@H]12. The summed E-state index contributed by atoms with van der Waals surface area (Å²) < 4.78 is 0. The summed E-state index contributed by atoms with van der Waals surface area (Å²) in [7, 11) is 0. The van der Waals surface area contributed by atoms with E-state index in [0.717, 1.165) is 12.0 Å². The van der Waals surface area contributed by atoms with Crippen LogP contribution in [0.25, 0.3) is 0 Å². The summed E-state index contributed by atoms with van der Waals surface area (Å²) in [5, 5.41) is 0. The topological polar surface area (TPSA) is 17.1 Å². The van der Waals surface area contributed by atoms with Crippen molar-refractivity contribution < 1.29 is 4.79 Å². The lowest BCUT2D eigenvalue weighted by Gasteiger charge is -2.21. The van der Waals surface area contributed by atoms with Gasteiger partial charge >= 0.3 is 0 Å². The second-order valence-corrected chi connectivity index (χ2v) is 3.45. The fourth-order valence-electron chi connectivity index (χ4n) is 2.18. The van der Waals surface area contributed by atoms with Crippen molar-refractivity contribution in [2.75, 3.05) is 0 Å². The molecule has 0 saturated heterocycles. The van der Waals surface area contributed by atoms with Crippen LogP contribution in [0.1, 0.15) is 19.3 Å². The lowest BCUT2D eigenvalue weighted by Crippen LogP contribution is -2.21. The standard InChI is InChI=1S/C10H12O/c1-7-5-6-10(11)9-4-2-3-8(7)9/h5-6,8-9H,1-4H2/t8-,9+/m1/s1. The van der Waals surface area contributed by atoms with Crippen LogP contribution in [0.3, 0.4) is 0 Å². The molecule has 1 heteroatoms. The van der Waals surface area contributed by atoms with E-state index in [9.17, 15) is 4.79 Å². The van der Waals surface area contributed by atoms with Crippen LogP contribution >= 0.6 is 0 Å². The summed E-state index contributed by atoms with van der Waals surface area (Å²) >= 11 is 0. The van der Waals surface area contributed by atoms with Gasteiger partial charge in [0, 0.05) is 5.92 Å². The van der Waals surface area contributed by atoms with Crippen LogP contribution in [0.4, 0.5) is 0 Å². The maximum atomic E-state index is 11.3. The fraction of sp³-hybridized carbons (Fsp3) is 0.500. The molecule has 2 aliphatic carbocycles. The highest BCUT2D eigenvalue weighted by Gasteiger charge is 2.34. The van der Waals surface area contributed by atoms with Gasteiger partial charge in [-0.05, 0) is 24.8 Å². The molecule has 0 aliphatic heterocycles. The number of carbonyl (C=O) groups excluding carboxylic acids is 1. The molecule has 2 aliphatic rings. The summed E-state index contributed by atoms with van der Waals surface area (Å²) in [5.74, 6) is 1.08. The molecule has 1 saturated carbocycles. The minimum absolute atomic E-state index is 0.285. The first-order valence-corrected chi connectivity index (χ1v) is 4.20. The lowest BCUT2D eigenvalue weighted by atomic mass is 9.82. The van der Waals surface area contributed by atoms with Crippen molar-refractivity contribution in [3.05, 3.63) is 24.3 Å². The molecule has 58 valence electrons. The summed E-state index contributed by atoms with van der Waals surface area (Å²) in [4.78, 5) is 11.3. The third-order valence-corrected chi connectivity index (χ3v) is 2.82. The van der Waals surface area contributed by atoms with Gasteiger partial charge < -0.3 is 0 Å². The molecule has 2 atom stereocenters. The van der Waals surface area contributed by atoms with Crippen molar-refractivity contribution in [3.8, 4) is 0 Å². The predicted octanol–water partition coefficient (Wildman–Crippen LogP) is 2.10. The maximum Gasteiger partial charge on any atom is 0.159 e. The molecule has 0 aromatic carbocycles. The fourth-order valence-corrected chi connectivity index (χ4v) is 2.18. The minimum Gasteiger partial charge on any atom is -0.295 e. The first-order chi connectivity index (χ1) is 5.29. The molecule has 0 heterocycles. The second-order valence-electron chi connectivity index (χ2n) is 3.45. The molecule has 2 rings (SSSR count). The van der Waals surface area contributed by atoms with Gasteiger partial charge in [-0.1, -0.05) is 24.6 Å². The summed E-state index contributed by atoms with van der Waals surface area (Å²) in [6.45, 7) is 3.95. The van der Waals surface area contributed by atoms with Crippen molar-refractivity contribution in [2.24, 2.45) is 11.8 Å². The molecule has 11 heavy (non-hydrogen) atoms. The molecular formula is C10H12O. The van der Waals surface area contributed by atoms with E-state index >= 15 is 0 Å². The number of carbonyl (C=O) groups is 1. The van der Waals surface area contributed by atoms with Crippen molar-refractivity contribution in [2.45, 2.75) is 19.3 Å². The average molecular weight is 148 g/mol. The molecule has 0 aromatic heterocycles. The Labute approximate surface area is 66.8 Å². The van der Waals surface area contributed by atoms with Gasteiger partial charge in [-0.3, -0.25) is 4.79 Å². The summed E-state index contributed by atoms with van der Waals surface area (Å²) in [5.41, 5.74) is 1.16. The zero-order chi connectivity index (χ0) is 7.84. The van der Waals surface area contributed by atoms with Gasteiger partial charge in [0.15, 0.2) is 5.78 Å². The van der Waals surface area contributed by atoms with Crippen molar-refractivity contribution in [1.29, 1.82) is 0 Å². The zero-order valence-electron chi connectivity index (χ0n) is 6.55. The Bertz CT molecular complexity index is 213. The van der Waals surface area contributed by atoms with Crippen LogP contribution in [0.2, 0.25) is 0 Å². The van der Waals surface area contributed by atoms with Crippen LogP contribution in [-0.2, 0) is 4.79 Å². The highest BCUT2D eigenvalue weighted by atomic mass is 16.1. The van der Waals surface area contributed by atoms with Crippen molar-refractivity contribution in [1.82, 2.24) is 0 Å². The van der Waals surface area contributed by atoms with Crippen LogP contribution < -0.4 is 0 Å². The van der Waals surface area contributed by atoms with E-state index in [1.807, 2.05) is 6.08 Å². The Morgan fingerprint density at radius 1 is 1.27 bits per heavy atom. The highest BCUT2D eigenvalue weighted by Crippen LogP contribution is 2.39. The van der Waals surface area contributed by atoms with Crippen molar-refractivity contribution >= 4 is 5.78 Å². The molecular weight excluding hydrogens is 136 g/mol. The number of allylic oxidation sites excluding steroid dienone is 3. The lowest BCUT2D eigenvalue weighted by molar-refractivity contribution is -0.119. The molecule has 1 fully saturated rings. The molecule has 1 nitrogen and oxygen atoms in total. The first kappa shape index (κ1) is 6.84. The third kappa shape index (κ3) is 0.953. The van der Waals surface area contributed by atoms with Crippen LogP contribution in [0, 0.1) is 11.8 Å². The van der Waals surface area contributed by atoms with E-state index in [4.69, 9.17) is 0 Å². The molecule has 0 bridgehead atoms. The number of hydrogen-bond acceptors (Lipinski definition) is 1. The Morgan fingerprint density at radius 2 is 2.00 bits per heavy atom. The molecule has 0 N–H and O–H groups in total. The summed E-state index contributed by atoms with van der Waals surface area (Å²) in [6, 6.07) is 0. The predicted molar refractivity (Wildman–Crippen MR) is 44.1 cm³/mol. The smallest absolute Gasteiger partial charge is 0.159 e. The van der Waals surface area contributed by atoms with E-state index in [-0.39, 0.29) is 5.92 Å². The highest BCUT2D eigenvalue weighted by molar-refractivity contribution is 5.94. The average Bonchev–Trinajstić information content (AvgIpc) is 2.45. The normalized spacial score (nSPS) is 36.0. The Balaban J connectivity index is 2.32. The van der Waals surface area contributed by atoms with Gasteiger partial charge in [0.2, 0.25) is 0 Å². The largest absolute Gasteiger partial charge is 0.295 e. The van der Waals surface area contributed by atoms with Gasteiger partial charge in [-0.2, -0.15) is 0 Å². The zero-order valence-corrected chi connectivity index (χ0v) is 6.55. The quantitative estimate of drug-likeness (QED) is 0.514. The monoisotopic (exact) mass is 148 g/mol. The first-order valence-electron chi connectivity index (χ1n) is 4.20. The molecule has 0 unspecified atom stereocenters. The molecule has 0 aromatic rings. The van der Waals surface area contributed by atoms with E-state index in [1.165, 1.54) is 12.8 Å². The molecule has 0 radical (unpaired) electrons. The Morgan fingerprint density at radius 3 is 2.73 bits per heavy atom. The second kappa shape index (κ2) is 2.33. The number of ketones is 1. The number of hydrogen-bond donors (Lipinski definition) is 0. The van der Waals surface area contributed by atoms with Crippen molar-refractivity contribution in [3.63, 3.8) is 0 Å². The number of fused-ring (bicyclic) bond motifs is 1. The number of rotatable bonds is 0. The van der Waals surface area contributed by atoms with Gasteiger partial charge in [-0.15, -0.1) is 0 Å². The van der Waals surface area contributed by atoms with E-state index < -0.39 is 0 Å². The van der Waals surface area contributed by atoms with Gasteiger partial charge in [0.1, 0.15) is 0 Å². The van der Waals surface area contributed by atoms with Crippen LogP contribution in [-0.4, -0.2) is 5.78 Å². The van der Waals surface area contributed by atoms with Crippen LogP contribution in [0.5, 0.6) is 0 Å². The van der Waals surface area contributed by atoms with Gasteiger partial charge in [0.25, 0.3) is 0 Å². The van der Waals surface area contributed by atoms with E-state index in [1.54, 1.807) is 6.08 Å². The van der Waals surface area contributed by atoms with Gasteiger partial charge in [0.05, 0.1) is 0 Å². The Kier molecular flexibility index (Phi) is 1.45. The van der Waals surface area contributed by atoms with E-state index in [2.05, 4.69) is 6.58 Å². The van der Waals surface area contributed by atoms with E-state index in [0.29, 0.717) is 11.7 Å². The van der Waals surface area contributed by atoms with Gasteiger partial charge in [-0.25, -0.2) is 0 Å². The summed E-state index contributed by atoms with van der Waals surface area (Å²) in [6.07, 6.45) is 7.01. The minimum atomic E-state index is 0.285. The maximum absolute atomic E-state index is 11.3. The third-order valence-electron chi connectivity index (χ3n) is 2.82. The Hall–Kier alpha value is -0.850. The molecule has 0 spiro atoms.